The van der Waals surface area contributed by atoms with Crippen LogP contribution in [-0.4, -0.2) is 6.54 Å². The Labute approximate surface area is 133 Å². The van der Waals surface area contributed by atoms with Crippen LogP contribution in [0.5, 0.6) is 0 Å². The molecule has 0 spiro atoms. The van der Waals surface area contributed by atoms with Gasteiger partial charge in [0.15, 0.2) is 0 Å². The molecule has 0 saturated heterocycles. The molecule has 0 bridgehead atoms. The van der Waals surface area contributed by atoms with Gasteiger partial charge in [-0.2, -0.15) is 0 Å². The number of halogens is 1. The number of nitrogens with one attached hydrogen (secondary N) is 1. The summed E-state index contributed by atoms with van der Waals surface area (Å²) in [5, 5.41) is 4.53. The Balaban J connectivity index is 2.26. The van der Waals surface area contributed by atoms with Crippen LogP contribution in [0, 0.1) is 13.8 Å². The Bertz CT molecular complexity index is 592. The Kier molecular flexibility index (Phi) is 5.84. The van der Waals surface area contributed by atoms with Crippen molar-refractivity contribution in [2.75, 3.05) is 6.54 Å². The van der Waals surface area contributed by atoms with Crippen molar-refractivity contribution in [2.45, 2.75) is 39.7 Å². The highest BCUT2D eigenvalue weighted by atomic mass is 35.5. The van der Waals surface area contributed by atoms with Gasteiger partial charge in [0, 0.05) is 11.1 Å². The van der Waals surface area contributed by atoms with Gasteiger partial charge in [0.1, 0.15) is 0 Å². The second-order valence-corrected chi connectivity index (χ2v) is 6.07. The van der Waals surface area contributed by atoms with Crippen LogP contribution in [-0.2, 0) is 6.42 Å². The van der Waals surface area contributed by atoms with Gasteiger partial charge in [-0.3, -0.25) is 0 Å². The van der Waals surface area contributed by atoms with Gasteiger partial charge in [-0.05, 0) is 61.6 Å². The lowest BCUT2D eigenvalue weighted by atomic mass is 9.95. The number of hydrogen-bond acceptors (Lipinski definition) is 1. The maximum atomic E-state index is 6.41. The smallest absolute Gasteiger partial charge is 0.0441 e. The minimum absolute atomic E-state index is 0.311. The van der Waals surface area contributed by atoms with Crippen molar-refractivity contribution in [2.24, 2.45) is 0 Å². The molecule has 2 rings (SSSR count). The molecule has 0 aliphatic carbocycles. The first-order valence-corrected chi connectivity index (χ1v) is 8.03. The number of aryl methyl sites for hydroxylation is 2. The van der Waals surface area contributed by atoms with Gasteiger partial charge in [-0.1, -0.05) is 54.9 Å². The zero-order chi connectivity index (χ0) is 15.2. The highest BCUT2D eigenvalue weighted by Gasteiger charge is 2.15. The number of rotatable bonds is 6. The van der Waals surface area contributed by atoms with Gasteiger partial charge in [0.25, 0.3) is 0 Å². The summed E-state index contributed by atoms with van der Waals surface area (Å²) in [7, 11) is 0. The Morgan fingerprint density at radius 1 is 1.10 bits per heavy atom. The van der Waals surface area contributed by atoms with Gasteiger partial charge in [0.05, 0.1) is 0 Å². The summed E-state index contributed by atoms with van der Waals surface area (Å²) in [6.07, 6.45) is 2.05. The molecule has 21 heavy (non-hydrogen) atoms. The lowest BCUT2D eigenvalue weighted by Crippen LogP contribution is -2.25. The van der Waals surface area contributed by atoms with Gasteiger partial charge >= 0.3 is 0 Å². The van der Waals surface area contributed by atoms with Crippen molar-refractivity contribution in [3.8, 4) is 0 Å². The van der Waals surface area contributed by atoms with Crippen molar-refractivity contribution in [1.29, 1.82) is 0 Å². The van der Waals surface area contributed by atoms with Crippen molar-refractivity contribution >= 4 is 11.6 Å². The molecular formula is C19H24ClN. The highest BCUT2D eigenvalue weighted by molar-refractivity contribution is 6.31. The first-order valence-electron chi connectivity index (χ1n) is 7.65. The molecule has 1 unspecified atom stereocenters. The normalized spacial score (nSPS) is 12.4. The topological polar surface area (TPSA) is 12.0 Å². The van der Waals surface area contributed by atoms with E-state index >= 15 is 0 Å². The minimum atomic E-state index is 0.311. The van der Waals surface area contributed by atoms with Crippen LogP contribution < -0.4 is 5.32 Å². The van der Waals surface area contributed by atoms with Crippen LogP contribution in [0.15, 0.2) is 42.5 Å². The summed E-state index contributed by atoms with van der Waals surface area (Å²) in [4.78, 5) is 0. The molecule has 1 nitrogen and oxygen atoms in total. The van der Waals surface area contributed by atoms with Crippen LogP contribution >= 0.6 is 11.6 Å². The van der Waals surface area contributed by atoms with E-state index in [0.29, 0.717) is 6.04 Å². The SMILES string of the molecule is CCCNC(Cc1ccc(C)cc1Cl)c1ccccc1C. The average molecular weight is 302 g/mol. The molecule has 2 heteroatoms. The monoisotopic (exact) mass is 301 g/mol. The molecule has 2 aromatic carbocycles. The Hall–Kier alpha value is -1.31. The first-order chi connectivity index (χ1) is 10.1. The summed E-state index contributed by atoms with van der Waals surface area (Å²) in [5.74, 6) is 0. The lowest BCUT2D eigenvalue weighted by molar-refractivity contribution is 0.527. The maximum absolute atomic E-state index is 6.41. The summed E-state index contributed by atoms with van der Waals surface area (Å²) in [6.45, 7) is 7.46. The van der Waals surface area contributed by atoms with E-state index in [2.05, 4.69) is 62.5 Å². The molecule has 112 valence electrons. The molecule has 0 aromatic heterocycles. The summed E-state index contributed by atoms with van der Waals surface area (Å²) in [5.41, 5.74) is 5.11. The molecule has 1 N–H and O–H groups in total. The van der Waals surface area contributed by atoms with Gasteiger partial charge in [0.2, 0.25) is 0 Å². The van der Waals surface area contributed by atoms with Crippen molar-refractivity contribution in [3.63, 3.8) is 0 Å². The third kappa shape index (κ3) is 4.33. The fourth-order valence-electron chi connectivity index (χ4n) is 2.63. The molecular weight excluding hydrogens is 278 g/mol. The molecule has 1 atom stereocenters. The van der Waals surface area contributed by atoms with Crippen LogP contribution in [0.1, 0.15) is 41.6 Å². The van der Waals surface area contributed by atoms with Crippen LogP contribution in [0.25, 0.3) is 0 Å². The van der Waals surface area contributed by atoms with Crippen LogP contribution in [0.3, 0.4) is 0 Å². The third-order valence-electron chi connectivity index (χ3n) is 3.84. The largest absolute Gasteiger partial charge is 0.310 e. The molecule has 0 fully saturated rings. The van der Waals surface area contributed by atoms with E-state index in [1.165, 1.54) is 22.3 Å². The predicted octanol–water partition coefficient (Wildman–Crippen LogP) is 5.24. The highest BCUT2D eigenvalue weighted by Crippen LogP contribution is 2.26. The lowest BCUT2D eigenvalue weighted by Gasteiger charge is -2.22. The fourth-order valence-corrected chi connectivity index (χ4v) is 2.94. The van der Waals surface area contributed by atoms with E-state index in [1.807, 2.05) is 6.07 Å². The standard InChI is InChI=1S/C19H24ClN/c1-4-11-21-19(17-8-6-5-7-15(17)3)13-16-10-9-14(2)12-18(16)20/h5-10,12,19,21H,4,11,13H2,1-3H3. The molecule has 0 aliphatic rings. The van der Waals surface area contributed by atoms with Gasteiger partial charge < -0.3 is 5.32 Å². The zero-order valence-electron chi connectivity index (χ0n) is 13.1. The molecule has 0 saturated carbocycles. The van der Waals surface area contributed by atoms with E-state index in [9.17, 15) is 0 Å². The molecule has 0 radical (unpaired) electrons. The molecule has 0 heterocycles. The van der Waals surface area contributed by atoms with Crippen LogP contribution in [0.4, 0.5) is 0 Å². The quantitative estimate of drug-likeness (QED) is 0.769. The van der Waals surface area contributed by atoms with E-state index in [4.69, 9.17) is 11.6 Å². The maximum Gasteiger partial charge on any atom is 0.0441 e. The second-order valence-electron chi connectivity index (χ2n) is 5.66. The summed E-state index contributed by atoms with van der Waals surface area (Å²) >= 11 is 6.41. The Morgan fingerprint density at radius 2 is 1.86 bits per heavy atom. The van der Waals surface area contributed by atoms with Crippen LogP contribution in [0.2, 0.25) is 5.02 Å². The van der Waals surface area contributed by atoms with E-state index in [0.717, 1.165) is 24.4 Å². The third-order valence-corrected chi connectivity index (χ3v) is 4.19. The first kappa shape index (κ1) is 16.1. The van der Waals surface area contributed by atoms with E-state index in [1.54, 1.807) is 0 Å². The van der Waals surface area contributed by atoms with Crippen molar-refractivity contribution in [1.82, 2.24) is 5.32 Å². The zero-order valence-corrected chi connectivity index (χ0v) is 13.9. The molecule has 2 aromatic rings. The fraction of sp³-hybridized carbons (Fsp3) is 0.368. The Morgan fingerprint density at radius 3 is 2.52 bits per heavy atom. The van der Waals surface area contributed by atoms with Crippen molar-refractivity contribution in [3.05, 3.63) is 69.7 Å². The predicted molar refractivity (Wildman–Crippen MR) is 92.1 cm³/mol. The number of hydrogen-bond donors (Lipinski definition) is 1. The second kappa shape index (κ2) is 7.63. The number of benzene rings is 2. The molecule has 0 amide bonds. The van der Waals surface area contributed by atoms with Gasteiger partial charge in [-0.25, -0.2) is 0 Å². The van der Waals surface area contributed by atoms with E-state index in [-0.39, 0.29) is 0 Å². The van der Waals surface area contributed by atoms with Gasteiger partial charge in [-0.15, -0.1) is 0 Å². The minimum Gasteiger partial charge on any atom is -0.310 e. The summed E-state index contributed by atoms with van der Waals surface area (Å²) < 4.78 is 0. The average Bonchev–Trinajstić information content (AvgIpc) is 2.46. The van der Waals surface area contributed by atoms with Crippen molar-refractivity contribution < 1.29 is 0 Å². The van der Waals surface area contributed by atoms with E-state index < -0.39 is 0 Å². The molecule has 0 aliphatic heterocycles. The summed E-state index contributed by atoms with van der Waals surface area (Å²) in [6, 6.07) is 15.2.